The van der Waals surface area contributed by atoms with Crippen LogP contribution < -0.4 is 5.73 Å². The molecule has 2 N–H and O–H groups in total. The molecule has 0 aliphatic carbocycles. The van der Waals surface area contributed by atoms with Crippen LogP contribution in [0.25, 0.3) is 0 Å². The molecule has 0 saturated heterocycles. The van der Waals surface area contributed by atoms with E-state index < -0.39 is 0 Å². The summed E-state index contributed by atoms with van der Waals surface area (Å²) in [6, 6.07) is 8.18. The third-order valence-corrected chi connectivity index (χ3v) is 3.81. The molecule has 0 atom stereocenters. The van der Waals surface area contributed by atoms with E-state index in [9.17, 15) is 4.79 Å². The lowest BCUT2D eigenvalue weighted by molar-refractivity contribution is -0.139. The van der Waals surface area contributed by atoms with Crippen LogP contribution in [-0.4, -0.2) is 30.9 Å². The van der Waals surface area contributed by atoms with Crippen LogP contribution in [0.4, 0.5) is 0 Å². The van der Waals surface area contributed by atoms with Crippen LogP contribution in [-0.2, 0) is 11.2 Å². The fourth-order valence-electron chi connectivity index (χ4n) is 2.08. The van der Waals surface area contributed by atoms with Gasteiger partial charge in [-0.3, -0.25) is 4.79 Å². The summed E-state index contributed by atoms with van der Waals surface area (Å²) in [5, 5.41) is 0. The monoisotopic (exact) mass is 326 g/mol. The van der Waals surface area contributed by atoms with Gasteiger partial charge in [0.15, 0.2) is 0 Å². The Morgan fingerprint density at radius 2 is 2.11 bits per heavy atom. The van der Waals surface area contributed by atoms with E-state index in [-0.39, 0.29) is 11.3 Å². The Kier molecular flexibility index (Phi) is 6.01. The number of carbonyl (C=O) groups is 1. The van der Waals surface area contributed by atoms with E-state index in [1.165, 1.54) is 5.56 Å². The number of benzene rings is 1. The number of hydrogen-bond donors (Lipinski definition) is 1. The SMILES string of the molecule is CN(CCc1cccc(Br)c1)C(=O)C(C)(C)CCN. The van der Waals surface area contributed by atoms with Gasteiger partial charge in [0.05, 0.1) is 0 Å². The number of nitrogens with zero attached hydrogens (tertiary/aromatic N) is 1. The maximum atomic E-state index is 12.3. The Hall–Kier alpha value is -0.870. The first kappa shape index (κ1) is 16.2. The van der Waals surface area contributed by atoms with Gasteiger partial charge in [-0.1, -0.05) is 41.9 Å². The van der Waals surface area contributed by atoms with Gasteiger partial charge >= 0.3 is 0 Å². The molecule has 0 fully saturated rings. The second kappa shape index (κ2) is 7.06. The summed E-state index contributed by atoms with van der Waals surface area (Å²) < 4.78 is 1.07. The molecule has 0 aliphatic rings. The number of halogens is 1. The molecule has 0 saturated carbocycles. The average Bonchev–Trinajstić information content (AvgIpc) is 2.35. The van der Waals surface area contributed by atoms with Gasteiger partial charge < -0.3 is 10.6 Å². The molecule has 0 bridgehead atoms. The Morgan fingerprint density at radius 1 is 1.42 bits per heavy atom. The first-order chi connectivity index (χ1) is 8.86. The summed E-state index contributed by atoms with van der Waals surface area (Å²) >= 11 is 3.46. The molecule has 4 heteroatoms. The van der Waals surface area contributed by atoms with E-state index in [4.69, 9.17) is 5.73 Å². The van der Waals surface area contributed by atoms with E-state index in [1.54, 1.807) is 4.90 Å². The van der Waals surface area contributed by atoms with Crippen LogP contribution in [0.2, 0.25) is 0 Å². The highest BCUT2D eigenvalue weighted by Gasteiger charge is 2.29. The maximum absolute atomic E-state index is 12.3. The first-order valence-corrected chi connectivity index (χ1v) is 7.36. The number of nitrogens with two attached hydrogens (primary N) is 1. The normalized spacial score (nSPS) is 11.4. The second-order valence-corrected chi connectivity index (χ2v) is 6.44. The van der Waals surface area contributed by atoms with Crippen molar-refractivity contribution in [2.75, 3.05) is 20.1 Å². The molecule has 1 aromatic carbocycles. The van der Waals surface area contributed by atoms with Crippen molar-refractivity contribution in [2.24, 2.45) is 11.1 Å². The topological polar surface area (TPSA) is 46.3 Å². The van der Waals surface area contributed by atoms with Crippen LogP contribution in [0.5, 0.6) is 0 Å². The lowest BCUT2D eigenvalue weighted by Gasteiger charge is -2.29. The van der Waals surface area contributed by atoms with Crippen LogP contribution in [0.15, 0.2) is 28.7 Å². The highest BCUT2D eigenvalue weighted by molar-refractivity contribution is 9.10. The smallest absolute Gasteiger partial charge is 0.228 e. The molecule has 0 aliphatic heterocycles. The van der Waals surface area contributed by atoms with Crippen molar-refractivity contribution in [3.8, 4) is 0 Å². The minimum atomic E-state index is -0.374. The summed E-state index contributed by atoms with van der Waals surface area (Å²) in [5.74, 6) is 0.160. The molecule has 0 aromatic heterocycles. The van der Waals surface area contributed by atoms with E-state index in [1.807, 2.05) is 33.0 Å². The third kappa shape index (κ3) is 4.96. The standard InChI is InChI=1S/C15H23BrN2O/c1-15(2,8-9-17)14(19)18(3)10-7-12-5-4-6-13(16)11-12/h4-6,11H,7-10,17H2,1-3H3. The molecule has 1 rings (SSSR count). The van der Waals surface area contributed by atoms with Crippen LogP contribution in [0.1, 0.15) is 25.8 Å². The maximum Gasteiger partial charge on any atom is 0.228 e. The number of likely N-dealkylation sites (N-methyl/N-ethyl adjacent to an activating group) is 1. The number of carbonyl (C=O) groups excluding carboxylic acids is 1. The van der Waals surface area contributed by atoms with Crippen LogP contribution >= 0.6 is 15.9 Å². The molecule has 0 heterocycles. The Bertz CT molecular complexity index is 432. The lowest BCUT2D eigenvalue weighted by atomic mass is 9.87. The quantitative estimate of drug-likeness (QED) is 0.873. The predicted octanol–water partition coefficient (Wildman–Crippen LogP) is 2.83. The fraction of sp³-hybridized carbons (Fsp3) is 0.533. The van der Waals surface area contributed by atoms with Crippen molar-refractivity contribution in [1.29, 1.82) is 0 Å². The van der Waals surface area contributed by atoms with Crippen molar-refractivity contribution < 1.29 is 4.79 Å². The Balaban J connectivity index is 2.55. The largest absolute Gasteiger partial charge is 0.345 e. The van der Waals surface area contributed by atoms with Crippen LogP contribution in [0, 0.1) is 5.41 Å². The van der Waals surface area contributed by atoms with Crippen molar-refractivity contribution in [2.45, 2.75) is 26.7 Å². The molecular formula is C15H23BrN2O. The summed E-state index contributed by atoms with van der Waals surface area (Å²) in [7, 11) is 1.86. The number of rotatable bonds is 6. The highest BCUT2D eigenvalue weighted by atomic mass is 79.9. The summed E-state index contributed by atoms with van der Waals surface area (Å²) in [4.78, 5) is 14.1. The zero-order valence-corrected chi connectivity index (χ0v) is 13.5. The van der Waals surface area contributed by atoms with Crippen molar-refractivity contribution >= 4 is 21.8 Å². The van der Waals surface area contributed by atoms with Gasteiger partial charge in [0.25, 0.3) is 0 Å². The van der Waals surface area contributed by atoms with E-state index in [2.05, 4.69) is 28.1 Å². The van der Waals surface area contributed by atoms with Gasteiger partial charge in [0.2, 0.25) is 5.91 Å². The fourth-order valence-corrected chi connectivity index (χ4v) is 2.52. The van der Waals surface area contributed by atoms with E-state index in [0.29, 0.717) is 13.0 Å². The predicted molar refractivity (Wildman–Crippen MR) is 82.9 cm³/mol. The minimum Gasteiger partial charge on any atom is -0.345 e. The highest BCUT2D eigenvalue weighted by Crippen LogP contribution is 2.22. The summed E-state index contributed by atoms with van der Waals surface area (Å²) in [5.41, 5.74) is 6.41. The zero-order chi connectivity index (χ0) is 14.5. The summed E-state index contributed by atoms with van der Waals surface area (Å²) in [6.07, 6.45) is 1.58. The molecule has 19 heavy (non-hydrogen) atoms. The minimum absolute atomic E-state index is 0.160. The lowest BCUT2D eigenvalue weighted by Crippen LogP contribution is -2.40. The van der Waals surface area contributed by atoms with Crippen LogP contribution in [0.3, 0.4) is 0 Å². The Labute approximate surface area is 124 Å². The molecule has 0 unspecified atom stereocenters. The van der Waals surface area contributed by atoms with Gasteiger partial charge in [0, 0.05) is 23.5 Å². The van der Waals surface area contributed by atoms with Crippen molar-refractivity contribution in [1.82, 2.24) is 4.90 Å². The van der Waals surface area contributed by atoms with Gasteiger partial charge in [-0.2, -0.15) is 0 Å². The van der Waals surface area contributed by atoms with Gasteiger partial charge in [-0.15, -0.1) is 0 Å². The third-order valence-electron chi connectivity index (χ3n) is 3.32. The van der Waals surface area contributed by atoms with Crippen molar-refractivity contribution in [3.05, 3.63) is 34.3 Å². The second-order valence-electron chi connectivity index (χ2n) is 5.53. The van der Waals surface area contributed by atoms with Gasteiger partial charge in [-0.25, -0.2) is 0 Å². The molecule has 0 radical (unpaired) electrons. The zero-order valence-electron chi connectivity index (χ0n) is 11.9. The molecule has 1 aromatic rings. The average molecular weight is 327 g/mol. The molecule has 3 nitrogen and oxygen atoms in total. The molecular weight excluding hydrogens is 304 g/mol. The van der Waals surface area contributed by atoms with Gasteiger partial charge in [-0.05, 0) is 37.1 Å². The van der Waals surface area contributed by atoms with Crippen molar-refractivity contribution in [3.63, 3.8) is 0 Å². The Morgan fingerprint density at radius 3 is 2.68 bits per heavy atom. The van der Waals surface area contributed by atoms with Gasteiger partial charge in [0.1, 0.15) is 0 Å². The number of amides is 1. The van der Waals surface area contributed by atoms with E-state index in [0.717, 1.165) is 17.4 Å². The molecule has 106 valence electrons. The number of hydrogen-bond acceptors (Lipinski definition) is 2. The van der Waals surface area contributed by atoms with E-state index >= 15 is 0 Å². The first-order valence-electron chi connectivity index (χ1n) is 6.57. The summed E-state index contributed by atoms with van der Waals surface area (Å²) in [6.45, 7) is 5.18. The molecule has 0 spiro atoms. The molecule has 1 amide bonds.